The van der Waals surface area contributed by atoms with Gasteiger partial charge in [0.05, 0.1) is 0 Å². The lowest BCUT2D eigenvalue weighted by Gasteiger charge is -2.22. The Morgan fingerprint density at radius 2 is 1.86 bits per heavy atom. The van der Waals surface area contributed by atoms with Crippen LogP contribution >= 0.6 is 0 Å². The number of benzene rings is 2. The minimum Gasteiger partial charge on any atom is -0.304 e. The van der Waals surface area contributed by atoms with Crippen molar-refractivity contribution in [2.24, 2.45) is 0 Å². The second-order valence-electron chi connectivity index (χ2n) is 5.44. The zero-order valence-corrected chi connectivity index (χ0v) is 12.4. The summed E-state index contributed by atoms with van der Waals surface area (Å²) in [6.45, 7) is 2.01. The lowest BCUT2D eigenvalue weighted by atomic mass is 10.1. The number of rotatable bonds is 2. The lowest BCUT2D eigenvalue weighted by molar-refractivity contribution is -0.115. The largest absolute Gasteiger partial charge is 0.304 e. The summed E-state index contributed by atoms with van der Waals surface area (Å²) in [7, 11) is 0. The van der Waals surface area contributed by atoms with Crippen LogP contribution in [0.4, 0.5) is 5.69 Å². The third kappa shape index (κ3) is 2.51. The average molecular weight is 288 g/mol. The molecule has 108 valence electrons. The van der Waals surface area contributed by atoms with Crippen LogP contribution in [0.5, 0.6) is 0 Å². The third-order valence-corrected chi connectivity index (χ3v) is 3.89. The molecule has 1 aliphatic rings. The summed E-state index contributed by atoms with van der Waals surface area (Å²) < 4.78 is 0. The van der Waals surface area contributed by atoms with Crippen LogP contribution in [-0.4, -0.2) is 11.9 Å². The van der Waals surface area contributed by atoms with E-state index in [1.54, 1.807) is 11.0 Å². The van der Waals surface area contributed by atoms with E-state index in [9.17, 15) is 10.1 Å². The van der Waals surface area contributed by atoms with Crippen molar-refractivity contribution in [3.05, 3.63) is 71.3 Å². The maximum atomic E-state index is 12.8. The van der Waals surface area contributed by atoms with E-state index in [2.05, 4.69) is 0 Å². The second kappa shape index (κ2) is 5.87. The van der Waals surface area contributed by atoms with E-state index < -0.39 is 0 Å². The van der Waals surface area contributed by atoms with E-state index in [1.165, 1.54) is 0 Å². The summed E-state index contributed by atoms with van der Waals surface area (Å²) in [5.41, 5.74) is 3.08. The van der Waals surface area contributed by atoms with Gasteiger partial charge in [0.2, 0.25) is 0 Å². The summed E-state index contributed by atoms with van der Waals surface area (Å²) in [6.07, 6.45) is 2.47. The highest BCUT2D eigenvalue weighted by Crippen LogP contribution is 2.33. The van der Waals surface area contributed by atoms with E-state index in [4.69, 9.17) is 0 Å². The number of carbonyl (C=O) groups excluding carboxylic acids is 1. The third-order valence-electron chi connectivity index (χ3n) is 3.89. The first-order chi connectivity index (χ1) is 10.7. The number of para-hydroxylation sites is 1. The van der Waals surface area contributed by atoms with Crippen molar-refractivity contribution in [3.63, 3.8) is 0 Å². The molecule has 0 N–H and O–H groups in total. The van der Waals surface area contributed by atoms with E-state index in [0.29, 0.717) is 0 Å². The Hall–Kier alpha value is -2.86. The maximum Gasteiger partial charge on any atom is 0.269 e. The van der Waals surface area contributed by atoms with Crippen molar-refractivity contribution < 1.29 is 4.79 Å². The van der Waals surface area contributed by atoms with Gasteiger partial charge in [-0.05, 0) is 36.6 Å². The lowest BCUT2D eigenvalue weighted by Crippen LogP contribution is -2.36. The molecule has 0 spiro atoms. The van der Waals surface area contributed by atoms with Crippen molar-refractivity contribution in [2.45, 2.75) is 19.4 Å². The van der Waals surface area contributed by atoms with Gasteiger partial charge in [0.15, 0.2) is 0 Å². The highest BCUT2D eigenvalue weighted by molar-refractivity contribution is 6.12. The molecule has 0 unspecified atom stereocenters. The molecular formula is C19H16N2O. The molecule has 0 saturated heterocycles. The SMILES string of the molecule is C[C@H]1Cc2ccccc2N1C(=O)/C(C#N)=C/c1ccccc1. The Labute approximate surface area is 130 Å². The van der Waals surface area contributed by atoms with Gasteiger partial charge in [0.1, 0.15) is 11.6 Å². The molecule has 3 heteroatoms. The molecule has 0 aromatic heterocycles. The number of nitrogens with zero attached hydrogens (tertiary/aromatic N) is 2. The van der Waals surface area contributed by atoms with E-state index in [-0.39, 0.29) is 17.5 Å². The summed E-state index contributed by atoms with van der Waals surface area (Å²) in [6, 6.07) is 19.4. The molecular weight excluding hydrogens is 272 g/mol. The van der Waals surface area contributed by atoms with Crippen molar-refractivity contribution in [3.8, 4) is 6.07 Å². The molecule has 1 amide bonds. The van der Waals surface area contributed by atoms with Crippen molar-refractivity contribution in [1.82, 2.24) is 0 Å². The number of carbonyl (C=O) groups is 1. The number of fused-ring (bicyclic) bond motifs is 1. The smallest absolute Gasteiger partial charge is 0.269 e. The Morgan fingerprint density at radius 3 is 2.59 bits per heavy atom. The molecule has 0 bridgehead atoms. The Bertz CT molecular complexity index is 772. The van der Waals surface area contributed by atoms with Crippen LogP contribution in [-0.2, 0) is 11.2 Å². The molecule has 1 atom stereocenters. The van der Waals surface area contributed by atoms with Crippen LogP contribution in [0.15, 0.2) is 60.2 Å². The first-order valence-electron chi connectivity index (χ1n) is 7.29. The van der Waals surface area contributed by atoms with Crippen LogP contribution in [0.25, 0.3) is 6.08 Å². The predicted octanol–water partition coefficient (Wildman–Crippen LogP) is 3.57. The van der Waals surface area contributed by atoms with Gasteiger partial charge in [-0.25, -0.2) is 0 Å². The molecule has 0 aliphatic carbocycles. The highest BCUT2D eigenvalue weighted by Gasteiger charge is 2.32. The van der Waals surface area contributed by atoms with E-state index in [0.717, 1.165) is 23.2 Å². The molecule has 2 aromatic rings. The van der Waals surface area contributed by atoms with Gasteiger partial charge in [-0.15, -0.1) is 0 Å². The molecule has 3 nitrogen and oxygen atoms in total. The summed E-state index contributed by atoms with van der Waals surface area (Å²) in [5, 5.41) is 9.39. The van der Waals surface area contributed by atoms with Crippen LogP contribution < -0.4 is 4.90 Å². The van der Waals surface area contributed by atoms with Gasteiger partial charge in [-0.3, -0.25) is 4.79 Å². The van der Waals surface area contributed by atoms with Gasteiger partial charge in [0.25, 0.3) is 5.91 Å². The second-order valence-corrected chi connectivity index (χ2v) is 5.44. The first-order valence-corrected chi connectivity index (χ1v) is 7.29. The van der Waals surface area contributed by atoms with Crippen molar-refractivity contribution in [1.29, 1.82) is 5.26 Å². The van der Waals surface area contributed by atoms with Crippen LogP contribution in [0.2, 0.25) is 0 Å². The minimum atomic E-state index is -0.233. The fourth-order valence-electron chi connectivity index (χ4n) is 2.86. The molecule has 0 saturated carbocycles. The standard InChI is InChI=1S/C19H16N2O/c1-14-11-16-9-5-6-10-18(16)21(14)19(22)17(13-20)12-15-7-3-2-4-8-15/h2-10,12,14H,11H2,1H3/b17-12+/t14-/m0/s1. The maximum absolute atomic E-state index is 12.8. The molecule has 0 radical (unpaired) electrons. The van der Waals surface area contributed by atoms with Gasteiger partial charge in [0, 0.05) is 11.7 Å². The number of nitriles is 1. The molecule has 1 heterocycles. The monoisotopic (exact) mass is 288 g/mol. The van der Waals surface area contributed by atoms with Gasteiger partial charge < -0.3 is 4.90 Å². The fourth-order valence-corrected chi connectivity index (χ4v) is 2.86. The van der Waals surface area contributed by atoms with Crippen LogP contribution in [0.1, 0.15) is 18.1 Å². The van der Waals surface area contributed by atoms with E-state index >= 15 is 0 Å². The van der Waals surface area contributed by atoms with Crippen molar-refractivity contribution >= 4 is 17.7 Å². The van der Waals surface area contributed by atoms with Gasteiger partial charge in [-0.1, -0.05) is 48.5 Å². The molecule has 22 heavy (non-hydrogen) atoms. The molecule has 2 aromatic carbocycles. The Balaban J connectivity index is 1.96. The predicted molar refractivity (Wildman–Crippen MR) is 87.1 cm³/mol. The van der Waals surface area contributed by atoms with Crippen LogP contribution in [0.3, 0.4) is 0 Å². The zero-order chi connectivity index (χ0) is 15.5. The first kappa shape index (κ1) is 14.1. The number of amides is 1. The number of hydrogen-bond donors (Lipinski definition) is 0. The summed E-state index contributed by atoms with van der Waals surface area (Å²) in [5.74, 6) is -0.233. The van der Waals surface area contributed by atoms with Gasteiger partial charge >= 0.3 is 0 Å². The summed E-state index contributed by atoms with van der Waals surface area (Å²) in [4.78, 5) is 14.5. The van der Waals surface area contributed by atoms with Crippen molar-refractivity contribution in [2.75, 3.05) is 4.90 Å². The highest BCUT2D eigenvalue weighted by atomic mass is 16.2. The number of anilines is 1. The molecule has 3 rings (SSSR count). The summed E-state index contributed by atoms with van der Waals surface area (Å²) >= 11 is 0. The zero-order valence-electron chi connectivity index (χ0n) is 12.4. The van der Waals surface area contributed by atoms with Crippen LogP contribution in [0, 0.1) is 11.3 Å². The fraction of sp³-hybridized carbons (Fsp3) is 0.158. The minimum absolute atomic E-state index is 0.0671. The van der Waals surface area contributed by atoms with Gasteiger partial charge in [-0.2, -0.15) is 5.26 Å². The molecule has 0 fully saturated rings. The number of hydrogen-bond acceptors (Lipinski definition) is 2. The normalized spacial score (nSPS) is 17.0. The Morgan fingerprint density at radius 1 is 1.18 bits per heavy atom. The average Bonchev–Trinajstić information content (AvgIpc) is 2.88. The topological polar surface area (TPSA) is 44.1 Å². The molecule has 1 aliphatic heterocycles. The Kier molecular flexibility index (Phi) is 3.76. The quantitative estimate of drug-likeness (QED) is 0.626. The van der Waals surface area contributed by atoms with E-state index in [1.807, 2.05) is 67.6 Å².